The van der Waals surface area contributed by atoms with Crippen molar-refractivity contribution < 1.29 is 0 Å². The molecule has 3 unspecified atom stereocenters. The highest BCUT2D eigenvalue weighted by molar-refractivity contribution is 4.91. The first-order chi connectivity index (χ1) is 9.58. The second kappa shape index (κ2) is 7.79. The molecule has 2 rings (SSSR count). The summed E-state index contributed by atoms with van der Waals surface area (Å²) in [5.41, 5.74) is 0. The van der Waals surface area contributed by atoms with Gasteiger partial charge in [-0.25, -0.2) is 0 Å². The predicted molar refractivity (Wildman–Crippen MR) is 88.0 cm³/mol. The Labute approximate surface area is 126 Å². The van der Waals surface area contributed by atoms with Gasteiger partial charge in [0.15, 0.2) is 0 Å². The molecule has 1 aliphatic heterocycles. The van der Waals surface area contributed by atoms with E-state index in [-0.39, 0.29) is 0 Å². The van der Waals surface area contributed by atoms with Crippen molar-refractivity contribution in [3.8, 4) is 0 Å². The average Bonchev–Trinajstić information content (AvgIpc) is 2.59. The molecule has 0 spiro atoms. The van der Waals surface area contributed by atoms with E-state index in [1.165, 1.54) is 58.3 Å². The summed E-state index contributed by atoms with van der Waals surface area (Å²) in [4.78, 5) is 2.83. The highest BCUT2D eigenvalue weighted by atomic mass is 15.2. The molecule has 1 heterocycles. The Kier molecular flexibility index (Phi) is 6.35. The van der Waals surface area contributed by atoms with Crippen LogP contribution in [-0.4, -0.2) is 37.1 Å². The van der Waals surface area contributed by atoms with Crippen LogP contribution in [0.15, 0.2) is 0 Å². The third kappa shape index (κ3) is 4.46. The Bertz CT molecular complexity index is 275. The minimum Gasteiger partial charge on any atom is -0.316 e. The molecule has 3 atom stereocenters. The third-order valence-corrected chi connectivity index (χ3v) is 5.56. The smallest absolute Gasteiger partial charge is 0.0136 e. The summed E-state index contributed by atoms with van der Waals surface area (Å²) < 4.78 is 0. The summed E-state index contributed by atoms with van der Waals surface area (Å²) >= 11 is 0. The van der Waals surface area contributed by atoms with Crippen molar-refractivity contribution in [3.05, 3.63) is 0 Å². The van der Waals surface area contributed by atoms with Gasteiger partial charge in [-0.1, -0.05) is 27.7 Å². The SMILES string of the molecule is CC(C)CNCC1CCC1N1CCCC(C(C)C)CC1. The fourth-order valence-electron chi connectivity index (χ4n) is 3.97. The molecule has 0 aromatic rings. The van der Waals surface area contributed by atoms with E-state index in [0.717, 1.165) is 29.7 Å². The number of nitrogens with one attached hydrogen (secondary N) is 1. The van der Waals surface area contributed by atoms with E-state index in [4.69, 9.17) is 0 Å². The zero-order valence-electron chi connectivity index (χ0n) is 14.2. The van der Waals surface area contributed by atoms with Gasteiger partial charge in [-0.2, -0.15) is 0 Å². The Morgan fingerprint density at radius 2 is 1.80 bits per heavy atom. The lowest BCUT2D eigenvalue weighted by Crippen LogP contribution is -2.51. The van der Waals surface area contributed by atoms with Crippen LogP contribution < -0.4 is 5.32 Å². The highest BCUT2D eigenvalue weighted by Crippen LogP contribution is 2.34. The third-order valence-electron chi connectivity index (χ3n) is 5.56. The molecule has 20 heavy (non-hydrogen) atoms. The normalized spacial score (nSPS) is 32.4. The average molecular weight is 281 g/mol. The van der Waals surface area contributed by atoms with Gasteiger partial charge in [0.05, 0.1) is 0 Å². The molecule has 2 fully saturated rings. The van der Waals surface area contributed by atoms with Crippen molar-refractivity contribution in [2.45, 2.75) is 65.8 Å². The molecule has 2 aliphatic rings. The van der Waals surface area contributed by atoms with Gasteiger partial charge in [-0.3, -0.25) is 0 Å². The van der Waals surface area contributed by atoms with Crippen molar-refractivity contribution in [1.29, 1.82) is 0 Å². The number of nitrogens with zero attached hydrogens (tertiary/aromatic N) is 1. The van der Waals surface area contributed by atoms with Gasteiger partial charge in [0, 0.05) is 6.04 Å². The molecule has 2 nitrogen and oxygen atoms in total. The van der Waals surface area contributed by atoms with Crippen LogP contribution in [0.4, 0.5) is 0 Å². The van der Waals surface area contributed by atoms with Crippen LogP contribution in [0.5, 0.6) is 0 Å². The number of hydrogen-bond acceptors (Lipinski definition) is 2. The molecule has 2 heteroatoms. The van der Waals surface area contributed by atoms with Gasteiger partial charge in [0.2, 0.25) is 0 Å². The van der Waals surface area contributed by atoms with Crippen LogP contribution in [0.2, 0.25) is 0 Å². The van der Waals surface area contributed by atoms with Gasteiger partial charge in [0.1, 0.15) is 0 Å². The molecule has 0 bridgehead atoms. The summed E-state index contributed by atoms with van der Waals surface area (Å²) in [5, 5.41) is 3.67. The number of likely N-dealkylation sites (tertiary alicyclic amines) is 1. The summed E-state index contributed by atoms with van der Waals surface area (Å²) in [6.07, 6.45) is 7.20. The molecule has 0 radical (unpaired) electrons. The van der Waals surface area contributed by atoms with Gasteiger partial charge in [-0.15, -0.1) is 0 Å². The van der Waals surface area contributed by atoms with Crippen LogP contribution in [0.1, 0.15) is 59.8 Å². The lowest BCUT2D eigenvalue weighted by atomic mass is 9.78. The Morgan fingerprint density at radius 3 is 2.40 bits per heavy atom. The molecular weight excluding hydrogens is 244 g/mol. The van der Waals surface area contributed by atoms with Gasteiger partial charge in [0.25, 0.3) is 0 Å². The Hall–Kier alpha value is -0.0800. The van der Waals surface area contributed by atoms with Crippen LogP contribution >= 0.6 is 0 Å². The summed E-state index contributed by atoms with van der Waals surface area (Å²) in [6.45, 7) is 14.5. The van der Waals surface area contributed by atoms with Gasteiger partial charge in [-0.05, 0) is 82.0 Å². The lowest BCUT2D eigenvalue weighted by Gasteiger charge is -2.44. The van der Waals surface area contributed by atoms with Gasteiger partial charge < -0.3 is 10.2 Å². The van der Waals surface area contributed by atoms with Crippen molar-refractivity contribution >= 4 is 0 Å². The lowest BCUT2D eigenvalue weighted by molar-refractivity contribution is 0.0629. The quantitative estimate of drug-likeness (QED) is 0.797. The predicted octanol–water partition coefficient (Wildman–Crippen LogP) is 3.77. The first-order valence-electron chi connectivity index (χ1n) is 9.02. The molecule has 0 aromatic heterocycles. The maximum atomic E-state index is 3.67. The molecular formula is C18H36N2. The van der Waals surface area contributed by atoms with Crippen molar-refractivity contribution in [3.63, 3.8) is 0 Å². The van der Waals surface area contributed by atoms with Crippen LogP contribution in [0.25, 0.3) is 0 Å². The van der Waals surface area contributed by atoms with E-state index in [0.29, 0.717) is 0 Å². The van der Waals surface area contributed by atoms with Gasteiger partial charge >= 0.3 is 0 Å². The second-order valence-electron chi connectivity index (χ2n) is 7.93. The topological polar surface area (TPSA) is 15.3 Å². The molecule has 1 aliphatic carbocycles. The van der Waals surface area contributed by atoms with E-state index in [9.17, 15) is 0 Å². The second-order valence-corrected chi connectivity index (χ2v) is 7.93. The zero-order chi connectivity index (χ0) is 14.5. The maximum Gasteiger partial charge on any atom is 0.0136 e. The summed E-state index contributed by atoms with van der Waals surface area (Å²) in [5.74, 6) is 3.54. The van der Waals surface area contributed by atoms with Crippen molar-refractivity contribution in [2.75, 3.05) is 26.2 Å². The minimum atomic E-state index is 0.776. The summed E-state index contributed by atoms with van der Waals surface area (Å²) in [7, 11) is 0. The Balaban J connectivity index is 1.74. The fourth-order valence-corrected chi connectivity index (χ4v) is 3.97. The zero-order valence-corrected chi connectivity index (χ0v) is 14.2. The molecule has 118 valence electrons. The molecule has 1 saturated carbocycles. The fraction of sp³-hybridized carbons (Fsp3) is 1.00. The standard InChI is InChI=1S/C18H36N2/c1-14(2)12-19-13-17-7-8-18(17)20-10-5-6-16(9-11-20)15(3)4/h14-19H,5-13H2,1-4H3. The van der Waals surface area contributed by atoms with E-state index in [2.05, 4.69) is 37.9 Å². The first-order valence-corrected chi connectivity index (χ1v) is 9.02. The Morgan fingerprint density at radius 1 is 1.00 bits per heavy atom. The summed E-state index contributed by atoms with van der Waals surface area (Å²) in [6, 6.07) is 0.889. The van der Waals surface area contributed by atoms with E-state index in [1.54, 1.807) is 0 Å². The van der Waals surface area contributed by atoms with Crippen LogP contribution in [0, 0.1) is 23.7 Å². The molecule has 0 amide bonds. The molecule has 1 N–H and O–H groups in total. The minimum absolute atomic E-state index is 0.776. The van der Waals surface area contributed by atoms with Crippen molar-refractivity contribution in [2.24, 2.45) is 23.7 Å². The molecule has 1 saturated heterocycles. The highest BCUT2D eigenvalue weighted by Gasteiger charge is 2.35. The van der Waals surface area contributed by atoms with Crippen molar-refractivity contribution in [1.82, 2.24) is 10.2 Å². The first kappa shape index (κ1) is 16.3. The van der Waals surface area contributed by atoms with Crippen LogP contribution in [0.3, 0.4) is 0 Å². The number of rotatable bonds is 6. The van der Waals surface area contributed by atoms with E-state index >= 15 is 0 Å². The maximum absolute atomic E-state index is 3.67. The monoisotopic (exact) mass is 280 g/mol. The van der Waals surface area contributed by atoms with E-state index < -0.39 is 0 Å². The number of hydrogen-bond donors (Lipinski definition) is 1. The van der Waals surface area contributed by atoms with E-state index in [1.807, 2.05) is 0 Å². The molecule has 0 aromatic carbocycles. The largest absolute Gasteiger partial charge is 0.316 e. The van der Waals surface area contributed by atoms with Crippen LogP contribution in [-0.2, 0) is 0 Å².